The maximum absolute atomic E-state index is 12.9. The number of hydrogen-bond acceptors (Lipinski definition) is 4. The highest BCUT2D eigenvalue weighted by atomic mass is 16.5. The first-order chi connectivity index (χ1) is 14.0. The van der Waals surface area contributed by atoms with Gasteiger partial charge in [-0.1, -0.05) is 18.2 Å². The summed E-state index contributed by atoms with van der Waals surface area (Å²) in [6.45, 7) is 3.31. The highest BCUT2D eigenvalue weighted by Crippen LogP contribution is 2.36. The van der Waals surface area contributed by atoms with Crippen LogP contribution in [0.1, 0.15) is 19.8 Å². The Morgan fingerprint density at radius 3 is 2.79 bits per heavy atom. The lowest BCUT2D eigenvalue weighted by Gasteiger charge is -2.32. The number of furan rings is 1. The van der Waals surface area contributed by atoms with Crippen LogP contribution in [0.4, 0.5) is 5.69 Å². The van der Waals surface area contributed by atoms with E-state index in [0.717, 1.165) is 40.6 Å². The summed E-state index contributed by atoms with van der Waals surface area (Å²) in [4.78, 5) is 25.5. The van der Waals surface area contributed by atoms with Crippen LogP contribution in [0.3, 0.4) is 0 Å². The molecule has 7 nitrogen and oxygen atoms in total. The van der Waals surface area contributed by atoms with Crippen LogP contribution in [0.15, 0.2) is 40.8 Å². The molecule has 152 valence electrons. The van der Waals surface area contributed by atoms with Gasteiger partial charge in [-0.3, -0.25) is 9.59 Å². The summed E-state index contributed by atoms with van der Waals surface area (Å²) in [7, 11) is 1.58. The van der Waals surface area contributed by atoms with E-state index in [2.05, 4.69) is 5.32 Å². The number of hydrogen-bond donors (Lipinski definition) is 3. The summed E-state index contributed by atoms with van der Waals surface area (Å²) in [6, 6.07) is 11.2. The first-order valence-corrected chi connectivity index (χ1v) is 9.92. The van der Waals surface area contributed by atoms with E-state index in [1.807, 2.05) is 37.3 Å². The molecule has 4 rings (SSSR count). The zero-order chi connectivity index (χ0) is 20.5. The predicted octanol–water partition coefficient (Wildman–Crippen LogP) is 1.70. The quantitative estimate of drug-likeness (QED) is 0.611. The van der Waals surface area contributed by atoms with Crippen molar-refractivity contribution in [1.29, 1.82) is 0 Å². The van der Waals surface area contributed by atoms with E-state index in [0.29, 0.717) is 23.6 Å². The number of piperidine rings is 1. The number of amides is 2. The van der Waals surface area contributed by atoms with Gasteiger partial charge in [-0.25, -0.2) is 0 Å². The fourth-order valence-electron chi connectivity index (χ4n) is 4.18. The number of likely N-dealkylation sites (tertiary alicyclic amines) is 1. The van der Waals surface area contributed by atoms with Crippen molar-refractivity contribution in [2.24, 2.45) is 11.7 Å². The minimum atomic E-state index is -0.312. The van der Waals surface area contributed by atoms with Crippen LogP contribution < -0.4 is 20.7 Å². The fourth-order valence-corrected chi connectivity index (χ4v) is 4.18. The molecule has 2 aromatic carbocycles. The number of carbonyl (C=O) groups is 2. The lowest BCUT2D eigenvalue weighted by molar-refractivity contribution is -0.921. The van der Waals surface area contributed by atoms with E-state index in [-0.39, 0.29) is 23.8 Å². The number of benzene rings is 2. The van der Waals surface area contributed by atoms with Crippen LogP contribution in [0.25, 0.3) is 21.9 Å². The molecule has 0 saturated carbocycles. The van der Waals surface area contributed by atoms with Crippen molar-refractivity contribution in [3.05, 3.63) is 36.4 Å². The number of nitrogens with two attached hydrogens (primary N) is 1. The van der Waals surface area contributed by atoms with Crippen molar-refractivity contribution < 1.29 is 23.6 Å². The van der Waals surface area contributed by atoms with Gasteiger partial charge in [0, 0.05) is 16.8 Å². The molecule has 4 N–H and O–H groups in total. The highest BCUT2D eigenvalue weighted by molar-refractivity contribution is 6.08. The molecule has 0 spiro atoms. The molecule has 2 heterocycles. The summed E-state index contributed by atoms with van der Waals surface area (Å²) < 4.78 is 11.4. The second kappa shape index (κ2) is 7.75. The van der Waals surface area contributed by atoms with Gasteiger partial charge in [0.05, 0.1) is 31.8 Å². The van der Waals surface area contributed by atoms with Gasteiger partial charge < -0.3 is 25.1 Å². The number of carbonyl (C=O) groups excluding carboxylic acids is 2. The first kappa shape index (κ1) is 19.3. The standard InChI is InChI=1S/C22H25N3O4/c1-13(25-9-5-6-14(12-25)21(23)26)22(27)24-17-11-19-16(10-20(17)28-2)15-7-3-4-8-18(15)29-19/h3-4,7-8,10-11,13-14H,5-6,9,12H2,1-2H3,(H2,23,26)(H,24,27)/p+1/t13-,14+/m1/s1. The molecule has 29 heavy (non-hydrogen) atoms. The Labute approximate surface area is 168 Å². The van der Waals surface area contributed by atoms with E-state index in [4.69, 9.17) is 14.9 Å². The molecule has 3 aromatic rings. The number of para-hydroxylation sites is 1. The van der Waals surface area contributed by atoms with Gasteiger partial charge in [0.15, 0.2) is 6.04 Å². The van der Waals surface area contributed by atoms with Crippen LogP contribution in [0.2, 0.25) is 0 Å². The molecule has 3 atom stereocenters. The maximum Gasteiger partial charge on any atom is 0.282 e. The minimum Gasteiger partial charge on any atom is -0.495 e. The third-order valence-electron chi connectivity index (χ3n) is 5.92. The zero-order valence-corrected chi connectivity index (χ0v) is 16.7. The summed E-state index contributed by atoms with van der Waals surface area (Å²) in [5, 5.41) is 4.92. The Hall–Kier alpha value is -3.06. The number of nitrogens with one attached hydrogen (secondary N) is 2. The van der Waals surface area contributed by atoms with Crippen LogP contribution in [0.5, 0.6) is 5.75 Å². The van der Waals surface area contributed by atoms with Gasteiger partial charge in [0.25, 0.3) is 5.91 Å². The van der Waals surface area contributed by atoms with Crippen molar-refractivity contribution in [1.82, 2.24) is 0 Å². The monoisotopic (exact) mass is 396 g/mol. The molecule has 0 bridgehead atoms. The third-order valence-corrected chi connectivity index (χ3v) is 5.92. The molecule has 0 radical (unpaired) electrons. The normalized spacial score (nSPS) is 20.5. The highest BCUT2D eigenvalue weighted by Gasteiger charge is 2.33. The third kappa shape index (κ3) is 3.65. The number of primary amides is 1. The van der Waals surface area contributed by atoms with Crippen LogP contribution in [0, 0.1) is 5.92 Å². The Morgan fingerprint density at radius 2 is 2.03 bits per heavy atom. The number of ether oxygens (including phenoxy) is 1. The Kier molecular flexibility index (Phi) is 5.15. The molecule has 1 saturated heterocycles. The number of quaternary nitrogens is 1. The summed E-state index contributed by atoms with van der Waals surface area (Å²) in [5.41, 5.74) is 7.52. The van der Waals surface area contributed by atoms with Crippen molar-refractivity contribution in [2.45, 2.75) is 25.8 Å². The average Bonchev–Trinajstić information content (AvgIpc) is 3.09. The molecule has 1 aliphatic heterocycles. The predicted molar refractivity (Wildman–Crippen MR) is 111 cm³/mol. The number of anilines is 1. The van der Waals surface area contributed by atoms with Gasteiger partial charge >= 0.3 is 0 Å². The fraction of sp³-hybridized carbons (Fsp3) is 0.364. The van der Waals surface area contributed by atoms with Crippen LogP contribution in [-0.4, -0.2) is 38.1 Å². The van der Waals surface area contributed by atoms with E-state index < -0.39 is 0 Å². The molecular weight excluding hydrogens is 370 g/mol. The smallest absolute Gasteiger partial charge is 0.282 e. The van der Waals surface area contributed by atoms with Crippen LogP contribution in [-0.2, 0) is 9.59 Å². The lowest BCUT2D eigenvalue weighted by atomic mass is 9.96. The molecule has 7 heteroatoms. The topological polar surface area (TPSA) is 99.0 Å². The van der Waals surface area contributed by atoms with E-state index >= 15 is 0 Å². The minimum absolute atomic E-state index is 0.126. The summed E-state index contributed by atoms with van der Waals surface area (Å²) >= 11 is 0. The van der Waals surface area contributed by atoms with Gasteiger partial charge in [-0.15, -0.1) is 0 Å². The molecule has 1 fully saturated rings. The lowest BCUT2D eigenvalue weighted by Crippen LogP contribution is -3.18. The van der Waals surface area contributed by atoms with E-state index in [1.165, 1.54) is 0 Å². The molecular formula is C22H26N3O4+. The van der Waals surface area contributed by atoms with Crippen molar-refractivity contribution in [2.75, 3.05) is 25.5 Å². The number of methoxy groups -OCH3 is 1. The number of rotatable bonds is 5. The van der Waals surface area contributed by atoms with Gasteiger partial charge in [-0.2, -0.15) is 0 Å². The SMILES string of the molecule is COc1cc2c(cc1NC(=O)[C@@H](C)[NH+]1CCC[C@H](C(N)=O)C1)oc1ccccc12. The van der Waals surface area contributed by atoms with E-state index in [1.54, 1.807) is 13.2 Å². The zero-order valence-electron chi connectivity index (χ0n) is 16.7. The Balaban J connectivity index is 1.58. The van der Waals surface area contributed by atoms with Crippen molar-refractivity contribution >= 4 is 39.4 Å². The largest absolute Gasteiger partial charge is 0.495 e. The summed E-state index contributed by atoms with van der Waals surface area (Å²) in [5.74, 6) is -0.00519. The van der Waals surface area contributed by atoms with Gasteiger partial charge in [0.2, 0.25) is 5.91 Å². The molecule has 0 aliphatic carbocycles. The molecule has 1 unspecified atom stereocenters. The van der Waals surface area contributed by atoms with Crippen LogP contribution >= 0.6 is 0 Å². The first-order valence-electron chi connectivity index (χ1n) is 9.92. The maximum atomic E-state index is 12.9. The van der Waals surface area contributed by atoms with E-state index in [9.17, 15) is 9.59 Å². The molecule has 1 aliphatic rings. The molecule has 2 amide bonds. The molecule has 1 aromatic heterocycles. The van der Waals surface area contributed by atoms with Gasteiger partial charge in [-0.05, 0) is 31.9 Å². The average molecular weight is 396 g/mol. The second-order valence-corrected chi connectivity index (χ2v) is 7.71. The Morgan fingerprint density at radius 1 is 1.24 bits per heavy atom. The van der Waals surface area contributed by atoms with Gasteiger partial charge in [0.1, 0.15) is 16.9 Å². The second-order valence-electron chi connectivity index (χ2n) is 7.71. The number of fused-ring (bicyclic) bond motifs is 3. The Bertz CT molecular complexity index is 1070. The van der Waals surface area contributed by atoms with Crippen molar-refractivity contribution in [3.8, 4) is 5.75 Å². The van der Waals surface area contributed by atoms with Crippen molar-refractivity contribution in [3.63, 3.8) is 0 Å². The summed E-state index contributed by atoms with van der Waals surface area (Å²) in [6.07, 6.45) is 1.68.